The van der Waals surface area contributed by atoms with Crippen LogP contribution in [-0.2, 0) is 4.79 Å². The summed E-state index contributed by atoms with van der Waals surface area (Å²) in [5, 5.41) is 11.5. The van der Waals surface area contributed by atoms with Crippen molar-refractivity contribution in [3.8, 4) is 11.1 Å². The molecule has 5 heteroatoms. The van der Waals surface area contributed by atoms with Crippen molar-refractivity contribution in [2.24, 2.45) is 0 Å². The number of carboxylic acids is 1. The minimum atomic E-state index is -1.10. The molecule has 0 aromatic heterocycles. The largest absolute Gasteiger partial charge is 0.480 e. The van der Waals surface area contributed by atoms with Crippen LogP contribution in [0.3, 0.4) is 0 Å². The smallest absolute Gasteiger partial charge is 0.327 e. The first-order chi connectivity index (χ1) is 10.1. The van der Waals surface area contributed by atoms with Gasteiger partial charge in [0.2, 0.25) is 0 Å². The van der Waals surface area contributed by atoms with Gasteiger partial charge in [-0.3, -0.25) is 4.79 Å². The second-order valence-electron chi connectivity index (χ2n) is 4.46. The summed E-state index contributed by atoms with van der Waals surface area (Å²) in [6.45, 7) is 0. The van der Waals surface area contributed by atoms with E-state index in [1.807, 2.05) is 42.5 Å². The van der Waals surface area contributed by atoms with Gasteiger partial charge in [-0.05, 0) is 17.2 Å². The van der Waals surface area contributed by atoms with E-state index < -0.39 is 17.9 Å². The SMILES string of the molecule is O=C(NC(CS)C(=O)O)c1ccccc1-c1ccccc1. The van der Waals surface area contributed by atoms with Crippen molar-refractivity contribution in [3.05, 3.63) is 60.2 Å². The molecule has 0 fully saturated rings. The van der Waals surface area contributed by atoms with Gasteiger partial charge in [-0.2, -0.15) is 12.6 Å². The van der Waals surface area contributed by atoms with E-state index in [0.29, 0.717) is 5.56 Å². The van der Waals surface area contributed by atoms with Crippen molar-refractivity contribution in [2.45, 2.75) is 6.04 Å². The van der Waals surface area contributed by atoms with E-state index in [-0.39, 0.29) is 5.75 Å². The molecule has 0 radical (unpaired) electrons. The highest BCUT2D eigenvalue weighted by Gasteiger charge is 2.20. The summed E-state index contributed by atoms with van der Waals surface area (Å²) in [5.74, 6) is -1.49. The lowest BCUT2D eigenvalue weighted by molar-refractivity contribution is -0.138. The van der Waals surface area contributed by atoms with Crippen LogP contribution in [0.1, 0.15) is 10.4 Å². The molecule has 1 amide bonds. The zero-order valence-corrected chi connectivity index (χ0v) is 12.1. The third kappa shape index (κ3) is 3.64. The standard InChI is InChI=1S/C16H15NO3S/c18-15(17-14(10-21)16(19)20)13-9-5-4-8-12(13)11-6-2-1-3-7-11/h1-9,14,21H,10H2,(H,17,18)(H,19,20). The number of hydrogen-bond acceptors (Lipinski definition) is 3. The third-order valence-corrected chi connectivity index (χ3v) is 3.41. The highest BCUT2D eigenvalue weighted by atomic mass is 32.1. The molecular formula is C16H15NO3S. The summed E-state index contributed by atoms with van der Waals surface area (Å²) in [6, 6.07) is 15.6. The Morgan fingerprint density at radius 2 is 1.67 bits per heavy atom. The fourth-order valence-corrected chi connectivity index (χ4v) is 2.22. The topological polar surface area (TPSA) is 66.4 Å². The Morgan fingerprint density at radius 1 is 1.05 bits per heavy atom. The lowest BCUT2D eigenvalue weighted by Gasteiger charge is -2.14. The molecule has 2 rings (SSSR count). The fourth-order valence-electron chi connectivity index (χ4n) is 1.97. The van der Waals surface area contributed by atoms with Gasteiger partial charge in [-0.15, -0.1) is 0 Å². The molecule has 0 aliphatic heterocycles. The van der Waals surface area contributed by atoms with Crippen molar-refractivity contribution < 1.29 is 14.7 Å². The predicted octanol–water partition coefficient (Wildman–Crippen LogP) is 2.47. The van der Waals surface area contributed by atoms with Crippen LogP contribution in [0.4, 0.5) is 0 Å². The van der Waals surface area contributed by atoms with Crippen LogP contribution in [0, 0.1) is 0 Å². The molecule has 0 aliphatic rings. The van der Waals surface area contributed by atoms with E-state index in [1.54, 1.807) is 12.1 Å². The lowest BCUT2D eigenvalue weighted by atomic mass is 9.99. The van der Waals surface area contributed by atoms with E-state index in [2.05, 4.69) is 17.9 Å². The fraction of sp³-hybridized carbons (Fsp3) is 0.125. The average molecular weight is 301 g/mol. The third-order valence-electron chi connectivity index (χ3n) is 3.04. The number of thiol groups is 1. The zero-order chi connectivity index (χ0) is 15.2. The molecule has 1 unspecified atom stereocenters. The van der Waals surface area contributed by atoms with Crippen LogP contribution in [0.2, 0.25) is 0 Å². The monoisotopic (exact) mass is 301 g/mol. The van der Waals surface area contributed by atoms with Gasteiger partial charge in [0.15, 0.2) is 0 Å². The van der Waals surface area contributed by atoms with Crippen molar-refractivity contribution >= 4 is 24.5 Å². The molecule has 2 aromatic rings. The zero-order valence-electron chi connectivity index (χ0n) is 11.2. The Balaban J connectivity index is 2.32. The van der Waals surface area contributed by atoms with Crippen LogP contribution in [0.5, 0.6) is 0 Å². The molecule has 0 spiro atoms. The second kappa shape index (κ2) is 6.95. The molecule has 0 aliphatic carbocycles. The van der Waals surface area contributed by atoms with Crippen LogP contribution in [0.25, 0.3) is 11.1 Å². The molecule has 0 heterocycles. The predicted molar refractivity (Wildman–Crippen MR) is 84.6 cm³/mol. The van der Waals surface area contributed by atoms with Gasteiger partial charge in [0, 0.05) is 11.3 Å². The lowest BCUT2D eigenvalue weighted by Crippen LogP contribution is -2.42. The number of amides is 1. The summed E-state index contributed by atoms with van der Waals surface area (Å²) < 4.78 is 0. The molecule has 0 saturated heterocycles. The average Bonchev–Trinajstić information content (AvgIpc) is 2.53. The number of carbonyl (C=O) groups is 2. The van der Waals surface area contributed by atoms with Gasteiger partial charge in [-0.1, -0.05) is 48.5 Å². The minimum absolute atomic E-state index is 0.0363. The van der Waals surface area contributed by atoms with E-state index in [0.717, 1.165) is 11.1 Å². The molecule has 2 aromatic carbocycles. The Labute approximate surface area is 128 Å². The minimum Gasteiger partial charge on any atom is -0.480 e. The Kier molecular flexibility index (Phi) is 5.00. The molecule has 1 atom stereocenters. The first-order valence-corrected chi connectivity index (χ1v) is 7.05. The number of rotatable bonds is 5. The quantitative estimate of drug-likeness (QED) is 0.743. The molecule has 0 saturated carbocycles. The van der Waals surface area contributed by atoms with Gasteiger partial charge < -0.3 is 10.4 Å². The maximum absolute atomic E-state index is 12.3. The van der Waals surface area contributed by atoms with Gasteiger partial charge >= 0.3 is 5.97 Å². The highest BCUT2D eigenvalue weighted by Crippen LogP contribution is 2.23. The van der Waals surface area contributed by atoms with Gasteiger partial charge in [-0.25, -0.2) is 4.79 Å². The number of carboxylic acid groups (broad SMARTS) is 1. The summed E-state index contributed by atoms with van der Waals surface area (Å²) >= 11 is 3.94. The summed E-state index contributed by atoms with van der Waals surface area (Å²) in [7, 11) is 0. The number of benzene rings is 2. The van der Waals surface area contributed by atoms with Crippen LogP contribution >= 0.6 is 12.6 Å². The molecule has 4 nitrogen and oxygen atoms in total. The van der Waals surface area contributed by atoms with Crippen LogP contribution in [-0.4, -0.2) is 28.8 Å². The van der Waals surface area contributed by atoms with E-state index in [1.165, 1.54) is 0 Å². The molecule has 21 heavy (non-hydrogen) atoms. The molecule has 2 N–H and O–H groups in total. The number of aliphatic carboxylic acids is 1. The van der Waals surface area contributed by atoms with Crippen LogP contribution in [0.15, 0.2) is 54.6 Å². The first kappa shape index (κ1) is 15.1. The summed E-state index contributed by atoms with van der Waals surface area (Å²) in [4.78, 5) is 23.3. The Bertz CT molecular complexity index is 643. The van der Waals surface area contributed by atoms with Crippen molar-refractivity contribution in [1.82, 2.24) is 5.32 Å². The molecule has 108 valence electrons. The van der Waals surface area contributed by atoms with Crippen molar-refractivity contribution in [2.75, 3.05) is 5.75 Å². The number of carbonyl (C=O) groups excluding carboxylic acids is 1. The molecule has 0 bridgehead atoms. The van der Waals surface area contributed by atoms with Gasteiger partial charge in [0.25, 0.3) is 5.91 Å². The van der Waals surface area contributed by atoms with E-state index in [4.69, 9.17) is 5.11 Å². The maximum atomic E-state index is 12.3. The number of hydrogen-bond donors (Lipinski definition) is 3. The summed E-state index contributed by atoms with van der Waals surface area (Å²) in [6.07, 6.45) is 0. The van der Waals surface area contributed by atoms with E-state index in [9.17, 15) is 9.59 Å². The first-order valence-electron chi connectivity index (χ1n) is 6.42. The Hall–Kier alpha value is -2.27. The summed E-state index contributed by atoms with van der Waals surface area (Å²) in [5.41, 5.74) is 2.11. The van der Waals surface area contributed by atoms with Crippen molar-refractivity contribution in [3.63, 3.8) is 0 Å². The number of nitrogens with one attached hydrogen (secondary N) is 1. The van der Waals surface area contributed by atoms with Gasteiger partial charge in [0.1, 0.15) is 6.04 Å². The molecular weight excluding hydrogens is 286 g/mol. The van der Waals surface area contributed by atoms with Gasteiger partial charge in [0.05, 0.1) is 0 Å². The van der Waals surface area contributed by atoms with Crippen LogP contribution < -0.4 is 5.32 Å². The Morgan fingerprint density at radius 3 is 2.29 bits per heavy atom. The maximum Gasteiger partial charge on any atom is 0.327 e. The van der Waals surface area contributed by atoms with E-state index >= 15 is 0 Å². The highest BCUT2D eigenvalue weighted by molar-refractivity contribution is 7.80. The second-order valence-corrected chi connectivity index (χ2v) is 4.82. The normalized spacial score (nSPS) is 11.7. The van der Waals surface area contributed by atoms with Crippen molar-refractivity contribution in [1.29, 1.82) is 0 Å².